The Bertz CT molecular complexity index is 548. The van der Waals surface area contributed by atoms with Crippen LogP contribution in [0.4, 0.5) is 0 Å². The maximum absolute atomic E-state index is 5.97. The second kappa shape index (κ2) is 6.07. The van der Waals surface area contributed by atoms with Crippen molar-refractivity contribution in [3.63, 3.8) is 0 Å². The maximum atomic E-state index is 5.97. The molecule has 0 N–H and O–H groups in total. The van der Waals surface area contributed by atoms with E-state index in [-0.39, 0.29) is 0 Å². The van der Waals surface area contributed by atoms with Crippen LogP contribution in [0.3, 0.4) is 0 Å². The molecule has 2 aromatic rings. The molecule has 1 heterocycles. The molecule has 3 nitrogen and oxygen atoms in total. The number of hydrogen-bond donors (Lipinski definition) is 0. The summed E-state index contributed by atoms with van der Waals surface area (Å²) in [4.78, 5) is 9.59. The highest BCUT2D eigenvalue weighted by molar-refractivity contribution is 7.99. The van der Waals surface area contributed by atoms with Crippen molar-refractivity contribution in [1.82, 2.24) is 9.97 Å². The summed E-state index contributed by atoms with van der Waals surface area (Å²) in [5.41, 5.74) is 0. The summed E-state index contributed by atoms with van der Waals surface area (Å²) >= 11 is 7.49. The number of ether oxygens (including phenoxy) is 1. The second-order valence-corrected chi connectivity index (χ2v) is 5.00. The van der Waals surface area contributed by atoms with Gasteiger partial charge in [0.1, 0.15) is 21.8 Å². The first-order chi connectivity index (χ1) is 8.72. The van der Waals surface area contributed by atoms with Crippen LogP contribution in [0, 0.1) is 0 Å². The molecule has 18 heavy (non-hydrogen) atoms. The van der Waals surface area contributed by atoms with Gasteiger partial charge in [-0.2, -0.15) is 0 Å². The van der Waals surface area contributed by atoms with Crippen molar-refractivity contribution in [2.45, 2.75) is 23.3 Å². The minimum Gasteiger partial charge on any atom is -0.496 e. The molecule has 0 atom stereocenters. The maximum Gasteiger partial charge on any atom is 0.133 e. The minimum absolute atomic E-state index is 0.472. The van der Waals surface area contributed by atoms with Crippen LogP contribution in [0.25, 0.3) is 0 Å². The largest absolute Gasteiger partial charge is 0.496 e. The van der Waals surface area contributed by atoms with E-state index in [9.17, 15) is 0 Å². The molecule has 0 aliphatic rings. The fraction of sp³-hybridized carbons (Fsp3) is 0.231. The van der Waals surface area contributed by atoms with Crippen molar-refractivity contribution in [2.24, 2.45) is 0 Å². The zero-order valence-electron chi connectivity index (χ0n) is 10.2. The van der Waals surface area contributed by atoms with Gasteiger partial charge >= 0.3 is 0 Å². The van der Waals surface area contributed by atoms with Crippen LogP contribution in [-0.2, 0) is 6.42 Å². The van der Waals surface area contributed by atoms with E-state index in [4.69, 9.17) is 16.3 Å². The normalized spacial score (nSPS) is 10.4. The van der Waals surface area contributed by atoms with Crippen molar-refractivity contribution >= 4 is 23.4 Å². The number of hydrogen-bond acceptors (Lipinski definition) is 4. The van der Waals surface area contributed by atoms with Gasteiger partial charge in [-0.25, -0.2) is 9.97 Å². The fourth-order valence-corrected chi connectivity index (χ4v) is 2.68. The number of benzene rings is 1. The molecule has 94 valence electrons. The van der Waals surface area contributed by atoms with Gasteiger partial charge in [0.2, 0.25) is 0 Å². The second-order valence-electron chi connectivity index (χ2n) is 3.55. The summed E-state index contributed by atoms with van der Waals surface area (Å²) in [6.07, 6.45) is 0.764. The molecule has 0 amide bonds. The minimum atomic E-state index is 0.472. The quantitative estimate of drug-likeness (QED) is 0.797. The summed E-state index contributed by atoms with van der Waals surface area (Å²) in [6.45, 7) is 2.00. The average molecular weight is 281 g/mol. The van der Waals surface area contributed by atoms with Crippen LogP contribution in [0.5, 0.6) is 5.75 Å². The van der Waals surface area contributed by atoms with Crippen LogP contribution in [0.1, 0.15) is 12.7 Å². The van der Waals surface area contributed by atoms with Gasteiger partial charge in [-0.1, -0.05) is 42.4 Å². The van der Waals surface area contributed by atoms with Crippen LogP contribution >= 0.6 is 23.4 Å². The third-order valence-corrected chi connectivity index (χ3v) is 3.49. The van der Waals surface area contributed by atoms with E-state index in [1.165, 1.54) is 11.8 Å². The van der Waals surface area contributed by atoms with E-state index in [0.29, 0.717) is 5.15 Å². The van der Waals surface area contributed by atoms with Crippen LogP contribution < -0.4 is 4.74 Å². The Morgan fingerprint density at radius 1 is 1.28 bits per heavy atom. The number of para-hydroxylation sites is 1. The van der Waals surface area contributed by atoms with Crippen molar-refractivity contribution in [3.05, 3.63) is 41.3 Å². The lowest BCUT2D eigenvalue weighted by molar-refractivity contribution is 0.405. The Balaban J connectivity index is 2.30. The zero-order valence-corrected chi connectivity index (χ0v) is 11.8. The Morgan fingerprint density at radius 2 is 2.06 bits per heavy atom. The predicted octanol–water partition coefficient (Wildman–Crippen LogP) is 3.85. The highest BCUT2D eigenvalue weighted by Gasteiger charge is 2.07. The van der Waals surface area contributed by atoms with E-state index in [2.05, 4.69) is 9.97 Å². The topological polar surface area (TPSA) is 35.0 Å². The zero-order chi connectivity index (χ0) is 13.0. The lowest BCUT2D eigenvalue weighted by Gasteiger charge is -2.07. The van der Waals surface area contributed by atoms with Gasteiger partial charge in [-0.3, -0.25) is 0 Å². The van der Waals surface area contributed by atoms with E-state index >= 15 is 0 Å². The van der Waals surface area contributed by atoms with Gasteiger partial charge < -0.3 is 4.74 Å². The molecule has 2 rings (SSSR count). The lowest BCUT2D eigenvalue weighted by Crippen LogP contribution is -1.94. The molecule has 0 saturated carbocycles. The number of aryl methyl sites for hydroxylation is 1. The number of rotatable bonds is 4. The van der Waals surface area contributed by atoms with Crippen molar-refractivity contribution in [1.29, 1.82) is 0 Å². The lowest BCUT2D eigenvalue weighted by atomic mass is 10.3. The molecule has 1 aromatic carbocycles. The Labute approximate surface area is 116 Å². The van der Waals surface area contributed by atoms with Gasteiger partial charge in [0.15, 0.2) is 0 Å². The molecular weight excluding hydrogens is 268 g/mol. The molecule has 0 radical (unpaired) electrons. The predicted molar refractivity (Wildman–Crippen MR) is 73.5 cm³/mol. The van der Waals surface area contributed by atoms with Gasteiger partial charge in [0.05, 0.1) is 12.0 Å². The summed E-state index contributed by atoms with van der Waals surface area (Å²) in [5.74, 6) is 1.58. The molecule has 1 aromatic heterocycles. The first kappa shape index (κ1) is 13.2. The van der Waals surface area contributed by atoms with Crippen LogP contribution in [0.15, 0.2) is 40.3 Å². The molecule has 0 bridgehead atoms. The van der Waals surface area contributed by atoms with Crippen LogP contribution in [0.2, 0.25) is 5.15 Å². The van der Waals surface area contributed by atoms with Crippen molar-refractivity contribution < 1.29 is 4.74 Å². The SMILES string of the molecule is CCc1nc(Cl)cc(Sc2ccccc2OC)n1. The van der Waals surface area contributed by atoms with Gasteiger partial charge in [-0.05, 0) is 12.1 Å². The van der Waals surface area contributed by atoms with E-state index in [1.807, 2.05) is 31.2 Å². The van der Waals surface area contributed by atoms with E-state index in [0.717, 1.165) is 27.9 Å². The van der Waals surface area contributed by atoms with Gasteiger partial charge in [0.25, 0.3) is 0 Å². The molecule has 0 fully saturated rings. The Morgan fingerprint density at radius 3 is 2.78 bits per heavy atom. The first-order valence-electron chi connectivity index (χ1n) is 5.57. The molecule has 0 spiro atoms. The number of aromatic nitrogens is 2. The summed E-state index contributed by atoms with van der Waals surface area (Å²) in [5, 5.41) is 1.30. The number of nitrogens with zero attached hydrogens (tertiary/aromatic N) is 2. The van der Waals surface area contributed by atoms with Crippen molar-refractivity contribution in [2.75, 3.05) is 7.11 Å². The molecule has 0 unspecified atom stereocenters. The van der Waals surface area contributed by atoms with E-state index in [1.54, 1.807) is 13.2 Å². The van der Waals surface area contributed by atoms with Crippen LogP contribution in [-0.4, -0.2) is 17.1 Å². The average Bonchev–Trinajstić information content (AvgIpc) is 2.38. The third kappa shape index (κ3) is 3.15. The van der Waals surface area contributed by atoms with Crippen molar-refractivity contribution in [3.8, 4) is 5.75 Å². The molecule has 5 heteroatoms. The highest BCUT2D eigenvalue weighted by atomic mass is 35.5. The standard InChI is InChI=1S/C13H13ClN2OS/c1-3-12-15-11(14)8-13(16-12)18-10-7-5-4-6-9(10)17-2/h4-8H,3H2,1-2H3. The Hall–Kier alpha value is -1.26. The monoisotopic (exact) mass is 280 g/mol. The summed E-state index contributed by atoms with van der Waals surface area (Å²) in [7, 11) is 1.66. The first-order valence-corrected chi connectivity index (χ1v) is 6.76. The fourth-order valence-electron chi connectivity index (χ4n) is 1.47. The molecule has 0 aliphatic heterocycles. The molecular formula is C13H13ClN2OS. The Kier molecular flexibility index (Phi) is 4.44. The van der Waals surface area contributed by atoms with E-state index < -0.39 is 0 Å². The number of methoxy groups -OCH3 is 1. The summed E-state index contributed by atoms with van der Waals surface area (Å²) in [6, 6.07) is 9.58. The number of halogens is 1. The van der Waals surface area contributed by atoms with Gasteiger partial charge in [-0.15, -0.1) is 0 Å². The third-order valence-electron chi connectivity index (χ3n) is 2.32. The van der Waals surface area contributed by atoms with Gasteiger partial charge in [0, 0.05) is 12.5 Å². The molecule has 0 saturated heterocycles. The smallest absolute Gasteiger partial charge is 0.133 e. The summed E-state index contributed by atoms with van der Waals surface area (Å²) < 4.78 is 5.31. The highest BCUT2D eigenvalue weighted by Crippen LogP contribution is 2.34. The molecule has 0 aliphatic carbocycles.